The predicted molar refractivity (Wildman–Crippen MR) is 108 cm³/mol. The van der Waals surface area contributed by atoms with Gasteiger partial charge in [-0.25, -0.2) is 0 Å². The number of hydrogen-bond acceptors (Lipinski definition) is 1. The zero-order valence-electron chi connectivity index (χ0n) is 14.0. The second-order valence-electron chi connectivity index (χ2n) is 5.86. The van der Waals surface area contributed by atoms with E-state index in [9.17, 15) is 0 Å². The molecule has 2 heteroatoms. The molecule has 1 nitrogen and oxygen atoms in total. The minimum atomic E-state index is 0.649. The van der Waals surface area contributed by atoms with Crippen LogP contribution in [0.4, 0.5) is 0 Å². The predicted octanol–water partition coefficient (Wildman–Crippen LogP) is 7.27. The molecule has 0 saturated heterocycles. The monoisotopic (exact) mass is 355 g/mol. The first-order chi connectivity index (χ1) is 12.8. The normalized spacial score (nSPS) is 10.5. The minimum Gasteiger partial charge on any atom is -0.456 e. The maximum absolute atomic E-state index is 6.60. The standard InChI is InChI=1S/C24H16ClO/c25-21-16-17-22(26-20-14-8-3-9-15-20)24(19-12-6-2-7-13-19)23(21)18-10-4-1-5-11-18/h1-16H. The van der Waals surface area contributed by atoms with E-state index in [1.807, 2.05) is 66.7 Å². The summed E-state index contributed by atoms with van der Waals surface area (Å²) in [6.07, 6.45) is 0. The van der Waals surface area contributed by atoms with Crippen molar-refractivity contribution >= 4 is 11.6 Å². The van der Waals surface area contributed by atoms with Crippen molar-refractivity contribution in [2.24, 2.45) is 0 Å². The second kappa shape index (κ2) is 7.47. The van der Waals surface area contributed by atoms with Gasteiger partial charge >= 0.3 is 0 Å². The lowest BCUT2D eigenvalue weighted by Gasteiger charge is -2.17. The van der Waals surface area contributed by atoms with E-state index in [-0.39, 0.29) is 0 Å². The van der Waals surface area contributed by atoms with Gasteiger partial charge in [0.2, 0.25) is 0 Å². The molecule has 26 heavy (non-hydrogen) atoms. The van der Waals surface area contributed by atoms with E-state index < -0.39 is 0 Å². The Hall–Kier alpha value is -3.03. The van der Waals surface area contributed by atoms with Gasteiger partial charge in [0, 0.05) is 22.2 Å². The highest BCUT2D eigenvalue weighted by Crippen LogP contribution is 2.44. The number of halogens is 1. The van der Waals surface area contributed by atoms with Crippen LogP contribution in [0.25, 0.3) is 22.3 Å². The Balaban J connectivity index is 1.95. The zero-order valence-corrected chi connectivity index (χ0v) is 14.8. The van der Waals surface area contributed by atoms with Crippen LogP contribution in [0, 0.1) is 6.07 Å². The summed E-state index contributed by atoms with van der Waals surface area (Å²) in [5.74, 6) is 1.42. The summed E-state index contributed by atoms with van der Waals surface area (Å²) in [6, 6.07) is 35.0. The van der Waals surface area contributed by atoms with Crippen LogP contribution < -0.4 is 4.74 Å². The van der Waals surface area contributed by atoms with Gasteiger partial charge in [-0.1, -0.05) is 90.5 Å². The summed E-state index contributed by atoms with van der Waals surface area (Å²) in [7, 11) is 0. The molecule has 0 atom stereocenters. The Kier molecular flexibility index (Phi) is 4.72. The lowest BCUT2D eigenvalue weighted by atomic mass is 9.93. The molecular formula is C24H16ClO. The maximum Gasteiger partial charge on any atom is 0.143 e. The highest BCUT2D eigenvalue weighted by molar-refractivity contribution is 6.34. The molecule has 0 N–H and O–H groups in total. The summed E-state index contributed by atoms with van der Waals surface area (Å²) < 4.78 is 6.17. The van der Waals surface area contributed by atoms with Gasteiger partial charge in [0.25, 0.3) is 0 Å². The van der Waals surface area contributed by atoms with Crippen LogP contribution >= 0.6 is 11.6 Å². The van der Waals surface area contributed by atoms with Gasteiger partial charge in [-0.2, -0.15) is 0 Å². The largest absolute Gasteiger partial charge is 0.456 e. The van der Waals surface area contributed by atoms with E-state index in [0.717, 1.165) is 28.0 Å². The summed E-state index contributed by atoms with van der Waals surface area (Å²) in [5, 5.41) is 0.649. The molecule has 4 aromatic carbocycles. The molecule has 125 valence electrons. The Morgan fingerprint density at radius 2 is 1.12 bits per heavy atom. The van der Waals surface area contributed by atoms with Crippen LogP contribution in [-0.4, -0.2) is 0 Å². The quantitative estimate of drug-likeness (QED) is 0.374. The van der Waals surface area contributed by atoms with Crippen molar-refractivity contribution in [2.45, 2.75) is 0 Å². The van der Waals surface area contributed by atoms with Crippen molar-refractivity contribution in [1.29, 1.82) is 0 Å². The maximum atomic E-state index is 6.60. The number of para-hydroxylation sites is 1. The van der Waals surface area contributed by atoms with Crippen molar-refractivity contribution < 1.29 is 4.74 Å². The van der Waals surface area contributed by atoms with E-state index >= 15 is 0 Å². The lowest BCUT2D eigenvalue weighted by Crippen LogP contribution is -1.93. The van der Waals surface area contributed by atoms with Crippen LogP contribution in [0.1, 0.15) is 0 Å². The lowest BCUT2D eigenvalue weighted by molar-refractivity contribution is 0.483. The van der Waals surface area contributed by atoms with Crippen molar-refractivity contribution in [3.05, 3.63) is 108 Å². The second-order valence-corrected chi connectivity index (χ2v) is 6.27. The molecule has 0 fully saturated rings. The van der Waals surface area contributed by atoms with Gasteiger partial charge in [0.15, 0.2) is 0 Å². The number of hydrogen-bond donors (Lipinski definition) is 0. The Morgan fingerprint density at radius 1 is 0.615 bits per heavy atom. The molecule has 0 aromatic heterocycles. The van der Waals surface area contributed by atoms with Crippen LogP contribution in [0.3, 0.4) is 0 Å². The first-order valence-electron chi connectivity index (χ1n) is 8.41. The molecule has 0 bridgehead atoms. The molecule has 1 radical (unpaired) electrons. The molecular weight excluding hydrogens is 340 g/mol. The molecule has 0 heterocycles. The van der Waals surface area contributed by atoms with E-state index in [1.54, 1.807) is 6.07 Å². The fourth-order valence-corrected chi connectivity index (χ4v) is 3.22. The third kappa shape index (κ3) is 3.35. The van der Waals surface area contributed by atoms with Gasteiger partial charge in [0.05, 0.1) is 0 Å². The van der Waals surface area contributed by atoms with E-state index in [1.165, 1.54) is 0 Å². The van der Waals surface area contributed by atoms with Gasteiger partial charge < -0.3 is 4.74 Å². The fourth-order valence-electron chi connectivity index (χ4n) is 2.96. The zero-order chi connectivity index (χ0) is 17.8. The highest BCUT2D eigenvalue weighted by Gasteiger charge is 2.18. The third-order valence-corrected chi connectivity index (χ3v) is 4.43. The molecule has 0 unspecified atom stereocenters. The van der Waals surface area contributed by atoms with E-state index in [4.69, 9.17) is 16.3 Å². The average Bonchev–Trinajstić information content (AvgIpc) is 2.71. The van der Waals surface area contributed by atoms with Crippen molar-refractivity contribution in [1.82, 2.24) is 0 Å². The summed E-state index contributed by atoms with van der Waals surface area (Å²) in [5.41, 5.74) is 3.97. The SMILES string of the molecule is Clc1c[c]c(Oc2ccccc2)c(-c2ccccc2)c1-c1ccccc1. The molecule has 0 aliphatic heterocycles. The van der Waals surface area contributed by atoms with Gasteiger partial charge in [-0.3, -0.25) is 0 Å². The molecule has 4 aromatic rings. The first-order valence-corrected chi connectivity index (χ1v) is 8.78. The molecule has 4 rings (SSSR count). The number of ether oxygens (including phenoxy) is 1. The van der Waals surface area contributed by atoms with Crippen LogP contribution in [0.5, 0.6) is 11.5 Å². The minimum absolute atomic E-state index is 0.649. The summed E-state index contributed by atoms with van der Waals surface area (Å²) in [6.45, 7) is 0. The van der Waals surface area contributed by atoms with Gasteiger partial charge in [-0.15, -0.1) is 0 Å². The first kappa shape index (κ1) is 16.4. The molecule has 0 spiro atoms. The van der Waals surface area contributed by atoms with Crippen LogP contribution in [0.2, 0.25) is 5.02 Å². The van der Waals surface area contributed by atoms with Crippen molar-refractivity contribution in [3.63, 3.8) is 0 Å². The van der Waals surface area contributed by atoms with Gasteiger partial charge in [0.1, 0.15) is 11.5 Å². The topological polar surface area (TPSA) is 9.23 Å². The van der Waals surface area contributed by atoms with Gasteiger partial charge in [-0.05, 0) is 29.3 Å². The number of benzene rings is 4. The van der Waals surface area contributed by atoms with E-state index in [2.05, 4.69) is 30.3 Å². The molecule has 0 saturated carbocycles. The fraction of sp³-hybridized carbons (Fsp3) is 0. The summed E-state index contributed by atoms with van der Waals surface area (Å²) in [4.78, 5) is 0. The smallest absolute Gasteiger partial charge is 0.143 e. The summed E-state index contributed by atoms with van der Waals surface area (Å²) >= 11 is 6.60. The molecule has 0 aliphatic rings. The van der Waals surface area contributed by atoms with E-state index in [0.29, 0.717) is 10.8 Å². The van der Waals surface area contributed by atoms with Crippen LogP contribution in [0.15, 0.2) is 97.1 Å². The Morgan fingerprint density at radius 3 is 1.69 bits per heavy atom. The Bertz CT molecular complexity index is 996. The van der Waals surface area contributed by atoms with Crippen molar-refractivity contribution in [2.75, 3.05) is 0 Å². The Labute approximate surface area is 158 Å². The van der Waals surface area contributed by atoms with Crippen molar-refractivity contribution in [3.8, 4) is 33.8 Å². The molecule has 0 aliphatic carbocycles. The number of rotatable bonds is 4. The third-order valence-electron chi connectivity index (χ3n) is 4.13. The van der Waals surface area contributed by atoms with Crippen LogP contribution in [-0.2, 0) is 0 Å². The molecule has 0 amide bonds. The highest BCUT2D eigenvalue weighted by atomic mass is 35.5. The average molecular weight is 356 g/mol.